The number of thiophene rings is 1. The molecular formula is C25H16ClN3OS. The maximum atomic E-state index is 13.9. The molecule has 3 atom stereocenters. The number of nitriles is 2. The number of Topliss-reactive ketones (excluding diaryl/α,β-unsaturated/α-hetero) is 1. The predicted octanol–water partition coefficient (Wildman–Crippen LogP) is 5.69. The molecule has 2 aliphatic rings. The Hall–Kier alpha value is -3.38. The van der Waals surface area contributed by atoms with Gasteiger partial charge in [0.1, 0.15) is 6.04 Å². The second-order valence-electron chi connectivity index (χ2n) is 7.68. The molecule has 1 fully saturated rings. The number of carbonyl (C=O) groups excluding carboxylic acids is 1. The lowest BCUT2D eigenvalue weighted by Gasteiger charge is -2.35. The van der Waals surface area contributed by atoms with Gasteiger partial charge in [0.05, 0.1) is 24.1 Å². The van der Waals surface area contributed by atoms with Crippen LogP contribution in [0.25, 0.3) is 6.08 Å². The first-order chi connectivity index (χ1) is 15.1. The van der Waals surface area contributed by atoms with Crippen LogP contribution in [0.3, 0.4) is 0 Å². The molecule has 0 unspecified atom stereocenters. The summed E-state index contributed by atoms with van der Waals surface area (Å²) in [6.45, 7) is 0. The van der Waals surface area contributed by atoms with Crippen LogP contribution in [0.4, 0.5) is 5.69 Å². The van der Waals surface area contributed by atoms with Gasteiger partial charge >= 0.3 is 0 Å². The van der Waals surface area contributed by atoms with Crippen LogP contribution in [0.1, 0.15) is 26.7 Å². The van der Waals surface area contributed by atoms with Gasteiger partial charge in [-0.1, -0.05) is 60.2 Å². The number of halogens is 1. The van der Waals surface area contributed by atoms with E-state index in [2.05, 4.69) is 12.1 Å². The van der Waals surface area contributed by atoms with Gasteiger partial charge in [0, 0.05) is 21.2 Å². The lowest BCUT2D eigenvalue weighted by Crippen LogP contribution is -2.44. The number of anilines is 1. The minimum absolute atomic E-state index is 0.104. The van der Waals surface area contributed by atoms with E-state index in [0.717, 1.165) is 16.1 Å². The fourth-order valence-electron chi connectivity index (χ4n) is 4.81. The molecule has 2 aliphatic heterocycles. The molecule has 0 amide bonds. The van der Waals surface area contributed by atoms with Crippen LogP contribution in [0.15, 0.2) is 72.1 Å². The van der Waals surface area contributed by atoms with E-state index in [1.54, 1.807) is 18.2 Å². The Kier molecular flexibility index (Phi) is 4.67. The Morgan fingerprint density at radius 3 is 2.52 bits per heavy atom. The largest absolute Gasteiger partial charge is 0.351 e. The summed E-state index contributed by atoms with van der Waals surface area (Å²) in [5.74, 6) is -0.695. The lowest BCUT2D eigenvalue weighted by atomic mass is 9.71. The third-order valence-electron chi connectivity index (χ3n) is 6.14. The van der Waals surface area contributed by atoms with Crippen molar-refractivity contribution in [1.29, 1.82) is 10.5 Å². The summed E-state index contributed by atoms with van der Waals surface area (Å²) in [4.78, 5) is 16.7. The summed E-state index contributed by atoms with van der Waals surface area (Å²) >= 11 is 7.68. The number of benzene rings is 2. The average molecular weight is 442 g/mol. The van der Waals surface area contributed by atoms with Crippen molar-refractivity contribution >= 4 is 40.5 Å². The number of hydrogen-bond acceptors (Lipinski definition) is 5. The molecule has 31 heavy (non-hydrogen) atoms. The smallest absolute Gasteiger partial charge is 0.185 e. The summed E-state index contributed by atoms with van der Waals surface area (Å²) in [6, 6.07) is 21.7. The molecule has 0 N–H and O–H groups in total. The van der Waals surface area contributed by atoms with E-state index in [9.17, 15) is 15.3 Å². The van der Waals surface area contributed by atoms with Gasteiger partial charge in [0.25, 0.3) is 0 Å². The molecule has 2 aromatic carbocycles. The van der Waals surface area contributed by atoms with Crippen LogP contribution in [0.2, 0.25) is 5.02 Å². The summed E-state index contributed by atoms with van der Waals surface area (Å²) in [7, 11) is 0. The molecule has 3 aromatic rings. The fourth-order valence-corrected chi connectivity index (χ4v) is 5.93. The summed E-state index contributed by atoms with van der Waals surface area (Å²) in [5.41, 5.74) is 0.823. The van der Waals surface area contributed by atoms with Gasteiger partial charge in [-0.15, -0.1) is 11.3 Å². The maximum absolute atomic E-state index is 13.9. The molecule has 5 rings (SSSR count). The molecule has 0 spiro atoms. The Morgan fingerprint density at radius 1 is 1.06 bits per heavy atom. The Labute approximate surface area is 189 Å². The number of rotatable bonds is 3. The highest BCUT2D eigenvalue weighted by molar-refractivity contribution is 7.10. The van der Waals surface area contributed by atoms with Gasteiger partial charge < -0.3 is 4.90 Å². The summed E-state index contributed by atoms with van der Waals surface area (Å²) in [6.07, 6.45) is 3.76. The zero-order chi connectivity index (χ0) is 21.6. The van der Waals surface area contributed by atoms with Crippen molar-refractivity contribution < 1.29 is 4.79 Å². The Balaban J connectivity index is 1.78. The van der Waals surface area contributed by atoms with E-state index in [4.69, 9.17) is 11.6 Å². The van der Waals surface area contributed by atoms with Gasteiger partial charge in [-0.05, 0) is 35.2 Å². The number of ketones is 1. The van der Waals surface area contributed by atoms with Crippen molar-refractivity contribution in [3.05, 3.63) is 93.1 Å². The summed E-state index contributed by atoms with van der Waals surface area (Å²) < 4.78 is 0. The van der Waals surface area contributed by atoms with Crippen LogP contribution < -0.4 is 4.90 Å². The second-order valence-corrected chi connectivity index (χ2v) is 9.09. The standard InChI is InChI=1S/C25H16ClN3OS/c26-18-9-10-19-17(13-18)8-11-21-25(14-27,15-28)22(20-7-4-12-31-20)23(29(19)21)24(30)16-5-2-1-3-6-16/h1-13,21-23H/t21-,22-,23-/m1/s1. The van der Waals surface area contributed by atoms with E-state index in [1.165, 1.54) is 11.3 Å². The van der Waals surface area contributed by atoms with Gasteiger partial charge in [-0.3, -0.25) is 4.79 Å². The third kappa shape index (κ3) is 2.82. The molecule has 6 heteroatoms. The first kappa shape index (κ1) is 19.6. The quantitative estimate of drug-likeness (QED) is 0.490. The zero-order valence-corrected chi connectivity index (χ0v) is 17.8. The maximum Gasteiger partial charge on any atom is 0.185 e. The normalized spacial score (nSPS) is 22.8. The molecule has 150 valence electrons. The topological polar surface area (TPSA) is 67.9 Å². The van der Waals surface area contributed by atoms with E-state index in [0.29, 0.717) is 10.6 Å². The van der Waals surface area contributed by atoms with Crippen LogP contribution >= 0.6 is 22.9 Å². The number of carbonyl (C=O) groups is 1. The first-order valence-electron chi connectivity index (χ1n) is 9.82. The highest BCUT2D eigenvalue weighted by Gasteiger charge is 2.63. The van der Waals surface area contributed by atoms with Crippen LogP contribution in [-0.2, 0) is 0 Å². The van der Waals surface area contributed by atoms with E-state index >= 15 is 0 Å². The van der Waals surface area contributed by atoms with E-state index in [-0.39, 0.29) is 5.78 Å². The van der Waals surface area contributed by atoms with Crippen molar-refractivity contribution in [3.8, 4) is 12.1 Å². The van der Waals surface area contributed by atoms with Crippen molar-refractivity contribution in [3.63, 3.8) is 0 Å². The van der Waals surface area contributed by atoms with Gasteiger partial charge in [-0.25, -0.2) is 0 Å². The first-order valence-corrected chi connectivity index (χ1v) is 11.1. The van der Waals surface area contributed by atoms with Gasteiger partial charge in [0.2, 0.25) is 0 Å². The average Bonchev–Trinajstić information content (AvgIpc) is 3.43. The minimum Gasteiger partial charge on any atom is -0.351 e. The monoisotopic (exact) mass is 441 g/mol. The predicted molar refractivity (Wildman–Crippen MR) is 122 cm³/mol. The van der Waals surface area contributed by atoms with Crippen molar-refractivity contribution in [1.82, 2.24) is 0 Å². The molecular weight excluding hydrogens is 426 g/mol. The second kappa shape index (κ2) is 7.39. The molecule has 0 bridgehead atoms. The SMILES string of the molecule is N#CC1(C#N)[C@H](c2cccs2)[C@H](C(=O)c2ccccc2)N2c3ccc(Cl)cc3C=C[C@@H]21. The number of hydrogen-bond donors (Lipinski definition) is 0. The van der Waals surface area contributed by atoms with Crippen LogP contribution in [-0.4, -0.2) is 17.9 Å². The highest BCUT2D eigenvalue weighted by atomic mass is 35.5. The molecule has 1 saturated heterocycles. The highest BCUT2D eigenvalue weighted by Crippen LogP contribution is 2.56. The lowest BCUT2D eigenvalue weighted by molar-refractivity contribution is 0.0951. The molecule has 3 heterocycles. The van der Waals surface area contributed by atoms with E-state index in [1.807, 2.05) is 64.9 Å². The van der Waals surface area contributed by atoms with Gasteiger partial charge in [0.15, 0.2) is 11.2 Å². The third-order valence-corrected chi connectivity index (χ3v) is 7.34. The molecule has 1 aromatic heterocycles. The molecule has 4 nitrogen and oxygen atoms in total. The van der Waals surface area contributed by atoms with Crippen molar-refractivity contribution in [2.24, 2.45) is 5.41 Å². The minimum atomic E-state index is -1.41. The van der Waals surface area contributed by atoms with Crippen LogP contribution in [0, 0.1) is 28.1 Å². The summed E-state index contributed by atoms with van der Waals surface area (Å²) in [5, 5.41) is 23.2. The van der Waals surface area contributed by atoms with E-state index < -0.39 is 23.4 Å². The Bertz CT molecular complexity index is 1260. The number of nitrogens with zero attached hydrogens (tertiary/aromatic N) is 3. The zero-order valence-electron chi connectivity index (χ0n) is 16.3. The van der Waals surface area contributed by atoms with Gasteiger partial charge in [-0.2, -0.15) is 10.5 Å². The Morgan fingerprint density at radius 2 is 1.84 bits per heavy atom. The van der Waals surface area contributed by atoms with Crippen LogP contribution in [0.5, 0.6) is 0 Å². The van der Waals surface area contributed by atoms with Crippen molar-refractivity contribution in [2.75, 3.05) is 4.90 Å². The van der Waals surface area contributed by atoms with Crippen molar-refractivity contribution in [2.45, 2.75) is 18.0 Å². The fraction of sp³-hybridized carbons (Fsp3) is 0.160. The number of fused-ring (bicyclic) bond motifs is 3. The molecule has 0 aliphatic carbocycles. The molecule has 0 radical (unpaired) electrons. The molecule has 0 saturated carbocycles.